The summed E-state index contributed by atoms with van der Waals surface area (Å²) in [5.41, 5.74) is 80.6. The van der Waals surface area contributed by atoms with E-state index in [1.807, 2.05) is 257 Å². The average molecular weight is 1790 g/mol. The van der Waals surface area contributed by atoms with Crippen LogP contribution in [0.25, 0.3) is 54.8 Å². The number of nitrogens with one attached hydrogen (secondary N) is 1. The van der Waals surface area contributed by atoms with E-state index in [1.54, 1.807) is 31.3 Å². The highest BCUT2D eigenvalue weighted by Crippen LogP contribution is 2.36. The van der Waals surface area contributed by atoms with E-state index in [4.69, 9.17) is 68.0 Å². The van der Waals surface area contributed by atoms with E-state index < -0.39 is 0 Å². The van der Waals surface area contributed by atoms with Crippen molar-refractivity contribution in [2.24, 2.45) is 0 Å². The molecule has 0 radical (unpaired) electrons. The van der Waals surface area contributed by atoms with E-state index in [1.165, 1.54) is 78.0 Å². The van der Waals surface area contributed by atoms with Crippen molar-refractivity contribution in [2.45, 2.75) is 112 Å². The summed E-state index contributed by atoms with van der Waals surface area (Å²) < 4.78 is 25.6. The Morgan fingerprint density at radius 3 is 0.800 bits per heavy atom. The minimum Gasteiger partial charge on any atom is -0.464 e. The maximum Gasteiger partial charge on any atom is 0.133 e. The highest BCUT2D eigenvalue weighted by atomic mass is 16.3. The summed E-state index contributed by atoms with van der Waals surface area (Å²) in [5.74, 6) is 1.70. The topological polar surface area (TPSA) is 289 Å². The van der Waals surface area contributed by atoms with E-state index in [0.29, 0.717) is 23.7 Å². The van der Waals surface area contributed by atoms with Crippen molar-refractivity contribution in [3.05, 3.63) is 484 Å². The lowest BCUT2D eigenvalue weighted by atomic mass is 9.87. The van der Waals surface area contributed by atoms with Gasteiger partial charge in [0, 0.05) is 128 Å². The molecule has 0 spiro atoms. The van der Waals surface area contributed by atoms with Crippen molar-refractivity contribution in [3.63, 3.8) is 0 Å². The average Bonchev–Trinajstić information content (AvgIpc) is 1.72. The molecule has 135 heavy (non-hydrogen) atoms. The zero-order valence-corrected chi connectivity index (χ0v) is 80.2. The van der Waals surface area contributed by atoms with Gasteiger partial charge in [0.2, 0.25) is 0 Å². The molecule has 20 aromatic rings. The van der Waals surface area contributed by atoms with Crippen LogP contribution in [0.1, 0.15) is 159 Å². The van der Waals surface area contributed by atoms with Gasteiger partial charge in [-0.2, -0.15) is 0 Å². The molecule has 0 aliphatic heterocycles. The summed E-state index contributed by atoms with van der Waals surface area (Å²) >= 11 is 0. The molecule has 5 heterocycles. The van der Waals surface area contributed by atoms with Gasteiger partial charge in [-0.05, 0) is 278 Å². The van der Waals surface area contributed by atoms with Gasteiger partial charge in [0.05, 0.1) is 31.3 Å². The first-order valence-electron chi connectivity index (χ1n) is 45.6. The minimum absolute atomic E-state index is 0.213. The van der Waals surface area contributed by atoms with Crippen LogP contribution in [0.5, 0.6) is 0 Å². The third-order valence-corrected chi connectivity index (χ3v) is 24.0. The number of para-hydroxylation sites is 5. The van der Waals surface area contributed by atoms with Crippen molar-refractivity contribution in [3.8, 4) is 0 Å². The monoisotopic (exact) mass is 1790 g/mol. The van der Waals surface area contributed by atoms with E-state index >= 15 is 0 Å². The van der Waals surface area contributed by atoms with Crippen molar-refractivity contribution < 1.29 is 22.1 Å². The number of furan rings is 5. The molecule has 15 nitrogen and oxygen atoms in total. The SMILES string of the molecule is CC(c1ccc(N)cc1)c1ccc(N)cc1.CNCc1ccc(C(C)c2ccc(N(C)C)cc2)cc1.Cc1cc(C(C)c2ccc(N)c(C)c2)ccc1N.Cc1cc(N)ccc1C(C)c1ccc(N)cc1C.Cc1ccc(N)c(C(C)c2cc(C)ccc2N)c1.c1ccc2occc2c1.c1ccc2occc2c1.c1ccc2occc2c1.c1ccc2occc2c1.c1ccc2occc2c1. The van der Waals surface area contributed by atoms with Gasteiger partial charge in [-0.15, -0.1) is 0 Å². The molecule has 0 amide bonds. The fourth-order valence-corrected chi connectivity index (χ4v) is 15.6. The van der Waals surface area contributed by atoms with E-state index in [0.717, 1.165) is 129 Å². The summed E-state index contributed by atoms with van der Waals surface area (Å²) in [6.07, 6.45) is 8.50. The third kappa shape index (κ3) is 29.1. The van der Waals surface area contributed by atoms with Crippen LogP contribution < -0.4 is 56.1 Å². The van der Waals surface area contributed by atoms with E-state index in [2.05, 4.69) is 208 Å². The van der Waals surface area contributed by atoms with Crippen LogP contribution >= 0.6 is 0 Å². The number of anilines is 9. The van der Waals surface area contributed by atoms with Crippen molar-refractivity contribution in [1.82, 2.24) is 5.32 Å². The number of rotatable bonds is 13. The van der Waals surface area contributed by atoms with Gasteiger partial charge in [-0.3, -0.25) is 0 Å². The van der Waals surface area contributed by atoms with Gasteiger partial charge in [-0.25, -0.2) is 0 Å². The molecule has 0 saturated heterocycles. The summed E-state index contributed by atoms with van der Waals surface area (Å²) in [6, 6.07) is 120. The molecule has 0 aliphatic carbocycles. The lowest BCUT2D eigenvalue weighted by molar-refractivity contribution is 0.615. The zero-order valence-electron chi connectivity index (χ0n) is 80.2. The first kappa shape index (κ1) is 99.7. The molecule has 0 aliphatic rings. The van der Waals surface area contributed by atoms with Crippen LogP contribution in [0.3, 0.4) is 0 Å². The van der Waals surface area contributed by atoms with Crippen LogP contribution in [-0.4, -0.2) is 21.1 Å². The Morgan fingerprint density at radius 2 is 0.511 bits per heavy atom. The second kappa shape index (κ2) is 49.4. The second-order valence-electron chi connectivity index (χ2n) is 34.2. The number of hydrogen-bond donors (Lipinski definition) is 9. The molecule has 5 aromatic heterocycles. The number of aryl methyl sites for hydroxylation is 6. The molecule has 15 heteroatoms. The number of nitrogen functional groups attached to an aromatic ring is 8. The van der Waals surface area contributed by atoms with Crippen LogP contribution in [0, 0.1) is 41.5 Å². The van der Waals surface area contributed by atoms with Crippen molar-refractivity contribution in [1.29, 1.82) is 0 Å². The molecule has 0 bridgehead atoms. The molecule has 690 valence electrons. The number of hydrogen-bond acceptors (Lipinski definition) is 15. The molecular formula is C120H130N10O5. The molecule has 20 rings (SSSR count). The number of benzene rings is 15. The minimum atomic E-state index is 0.213. The number of nitrogens with two attached hydrogens (primary N) is 8. The Kier molecular flexibility index (Phi) is 36.5. The first-order valence-corrected chi connectivity index (χ1v) is 45.6. The summed E-state index contributed by atoms with van der Waals surface area (Å²) in [5, 5.41) is 9.00. The predicted molar refractivity (Wildman–Crippen MR) is 574 cm³/mol. The highest BCUT2D eigenvalue weighted by molar-refractivity contribution is 5.79. The molecule has 0 saturated carbocycles. The molecule has 17 N–H and O–H groups in total. The quantitative estimate of drug-likeness (QED) is 0.0485. The summed E-state index contributed by atoms with van der Waals surface area (Å²) in [7, 11) is 6.11. The molecule has 1 unspecified atom stereocenters. The Labute approximate surface area is 796 Å². The first-order chi connectivity index (χ1) is 65.1. The van der Waals surface area contributed by atoms with Crippen molar-refractivity contribution in [2.75, 3.05) is 71.9 Å². The highest BCUT2D eigenvalue weighted by Gasteiger charge is 2.18. The maximum absolute atomic E-state index is 6.08. The Morgan fingerprint density at radius 1 is 0.244 bits per heavy atom. The standard InChI is InChI=1S/C18H24N2.3C16H20N2.C14H16N2.5C8H6O/c1-14(16-7-5-15(6-8-16)13-19-2)17-9-11-18(12-10-17)20(3)4;1-10-8-13(17)4-6-15(10)12(3)16-7-5-14(18)9-11(16)2;1-10-8-13(4-6-15(10)17)12(3)14-5-7-16(18)11(2)9-14;1-10-4-6-15(17)13(8-10)12(3)14-9-11(2)5-7-16(14)18;1-10(11-2-6-13(15)7-3-11)12-4-8-14(16)9-5-12;5*1-2-4-8-7(3-1)5-6-9-8/h5-12,14,19H,13H2,1-4H3;3*4-9,12H,17-18H2,1-3H3;2-10H,15-16H2,1H3;5*1-6H. The van der Waals surface area contributed by atoms with Gasteiger partial charge in [-0.1, -0.05) is 258 Å². The van der Waals surface area contributed by atoms with Gasteiger partial charge >= 0.3 is 0 Å². The van der Waals surface area contributed by atoms with E-state index in [-0.39, 0.29) is 5.92 Å². The van der Waals surface area contributed by atoms with Gasteiger partial charge in [0.1, 0.15) is 27.9 Å². The third-order valence-electron chi connectivity index (χ3n) is 24.0. The Bertz CT molecular complexity index is 6290. The lowest BCUT2D eigenvalue weighted by Crippen LogP contribution is -2.08. The smallest absolute Gasteiger partial charge is 0.133 e. The van der Waals surface area contributed by atoms with Crippen LogP contribution in [0.2, 0.25) is 0 Å². The molecule has 1 atom stereocenters. The number of nitrogens with zero attached hydrogens (tertiary/aromatic N) is 1. The van der Waals surface area contributed by atoms with Crippen LogP contribution in [0.4, 0.5) is 51.2 Å². The van der Waals surface area contributed by atoms with E-state index in [9.17, 15) is 0 Å². The zero-order chi connectivity index (χ0) is 96.5. The Balaban J connectivity index is 0.000000146. The van der Waals surface area contributed by atoms with Crippen LogP contribution in [-0.2, 0) is 6.54 Å². The normalized spacial score (nSPS) is 10.8. The molecule has 15 aromatic carbocycles. The number of fused-ring (bicyclic) bond motifs is 5. The largest absolute Gasteiger partial charge is 0.464 e. The van der Waals surface area contributed by atoms with Gasteiger partial charge < -0.3 is 78.2 Å². The molecule has 0 fully saturated rings. The van der Waals surface area contributed by atoms with Crippen molar-refractivity contribution >= 4 is 106 Å². The van der Waals surface area contributed by atoms with Gasteiger partial charge in [0.15, 0.2) is 0 Å². The Hall–Kier alpha value is -15.8. The maximum atomic E-state index is 6.08. The molecular weight excluding hydrogens is 1660 g/mol. The predicted octanol–water partition coefficient (Wildman–Crippen LogP) is 29.6. The lowest BCUT2D eigenvalue weighted by Gasteiger charge is -2.18. The fourth-order valence-electron chi connectivity index (χ4n) is 15.6. The fraction of sp³-hybridized carbons (Fsp3) is 0.167. The van der Waals surface area contributed by atoms with Gasteiger partial charge in [0.25, 0.3) is 0 Å². The summed E-state index contributed by atoms with van der Waals surface area (Å²) in [4.78, 5) is 2.13. The second-order valence-corrected chi connectivity index (χ2v) is 34.2. The van der Waals surface area contributed by atoms with Crippen LogP contribution in [0.15, 0.2) is 411 Å². The summed E-state index contributed by atoms with van der Waals surface area (Å²) in [6.45, 7) is 24.4.